The summed E-state index contributed by atoms with van der Waals surface area (Å²) in [4.78, 5) is 11.9. The van der Waals surface area contributed by atoms with Gasteiger partial charge in [0.15, 0.2) is 0 Å². The van der Waals surface area contributed by atoms with Crippen LogP contribution < -0.4 is 0 Å². The van der Waals surface area contributed by atoms with Crippen molar-refractivity contribution in [1.29, 1.82) is 0 Å². The highest BCUT2D eigenvalue weighted by Gasteiger charge is 2.06. The van der Waals surface area contributed by atoms with Crippen LogP contribution in [0.5, 0.6) is 0 Å². The minimum absolute atomic E-state index is 0.376. The Kier molecular flexibility index (Phi) is 1.84. The van der Waals surface area contributed by atoms with Gasteiger partial charge in [0.25, 0.3) is 0 Å². The van der Waals surface area contributed by atoms with Crippen LogP contribution in [-0.2, 0) is 0 Å². The predicted octanol–water partition coefficient (Wildman–Crippen LogP) is 1.17. The molecule has 2 aromatic heterocycles. The van der Waals surface area contributed by atoms with Crippen LogP contribution in [0.2, 0.25) is 0 Å². The van der Waals surface area contributed by atoms with E-state index in [1.165, 1.54) is 6.08 Å². The Morgan fingerprint density at radius 3 is 2.92 bits per heavy atom. The summed E-state index contributed by atoms with van der Waals surface area (Å²) in [5.41, 5.74) is 0.583. The molecule has 64 valence electrons. The van der Waals surface area contributed by atoms with Crippen LogP contribution in [0.15, 0.2) is 29.7 Å². The number of aromatic nitrogens is 4. The Labute approximate surface area is 74.2 Å². The maximum absolute atomic E-state index is 4.82. The van der Waals surface area contributed by atoms with Crippen molar-refractivity contribution in [3.63, 3.8) is 0 Å². The van der Waals surface area contributed by atoms with Crippen molar-refractivity contribution in [2.45, 2.75) is 0 Å². The van der Waals surface area contributed by atoms with Gasteiger partial charge in [-0.05, 0) is 6.08 Å². The minimum atomic E-state index is 0.376. The van der Waals surface area contributed by atoms with Gasteiger partial charge in [-0.15, -0.1) is 0 Å². The summed E-state index contributed by atoms with van der Waals surface area (Å²) in [6.45, 7) is 3.51. The standard InChI is InChI=1S/C8H6N4O/c1-2-7-11-8(12-13-7)6-5-9-3-4-10-6/h2-5H,1H2. The van der Waals surface area contributed by atoms with Gasteiger partial charge in [0, 0.05) is 12.4 Å². The van der Waals surface area contributed by atoms with E-state index >= 15 is 0 Å². The molecule has 0 aliphatic rings. The summed E-state index contributed by atoms with van der Waals surface area (Å²) in [6.07, 6.45) is 6.20. The van der Waals surface area contributed by atoms with Gasteiger partial charge in [-0.25, -0.2) is 4.98 Å². The third-order valence-corrected chi connectivity index (χ3v) is 1.41. The molecule has 0 unspecified atom stereocenters. The lowest BCUT2D eigenvalue weighted by atomic mass is 10.4. The Balaban J connectivity index is 2.41. The van der Waals surface area contributed by atoms with Crippen molar-refractivity contribution in [2.24, 2.45) is 0 Å². The van der Waals surface area contributed by atoms with Gasteiger partial charge in [0.1, 0.15) is 5.69 Å². The van der Waals surface area contributed by atoms with E-state index in [-0.39, 0.29) is 0 Å². The molecule has 13 heavy (non-hydrogen) atoms. The van der Waals surface area contributed by atoms with Crippen LogP contribution >= 0.6 is 0 Å². The Morgan fingerprint density at radius 2 is 2.31 bits per heavy atom. The summed E-state index contributed by atoms with van der Waals surface area (Å²) < 4.78 is 4.82. The fourth-order valence-electron chi connectivity index (χ4n) is 0.837. The highest BCUT2D eigenvalue weighted by Crippen LogP contribution is 2.10. The lowest BCUT2D eigenvalue weighted by Crippen LogP contribution is -1.85. The third-order valence-electron chi connectivity index (χ3n) is 1.41. The predicted molar refractivity (Wildman–Crippen MR) is 45.4 cm³/mol. The fraction of sp³-hybridized carbons (Fsp3) is 0. The Hall–Kier alpha value is -2.04. The van der Waals surface area contributed by atoms with Crippen molar-refractivity contribution in [2.75, 3.05) is 0 Å². The average Bonchev–Trinajstić information content (AvgIpc) is 2.67. The van der Waals surface area contributed by atoms with E-state index in [1.54, 1.807) is 18.6 Å². The lowest BCUT2D eigenvalue weighted by Gasteiger charge is -1.88. The zero-order chi connectivity index (χ0) is 9.10. The quantitative estimate of drug-likeness (QED) is 0.683. The van der Waals surface area contributed by atoms with Crippen LogP contribution in [0.25, 0.3) is 17.6 Å². The average molecular weight is 174 g/mol. The normalized spacial score (nSPS) is 9.85. The second-order valence-corrected chi connectivity index (χ2v) is 2.25. The first kappa shape index (κ1) is 7.60. The molecular weight excluding hydrogens is 168 g/mol. The smallest absolute Gasteiger partial charge is 0.250 e. The van der Waals surface area contributed by atoms with E-state index in [2.05, 4.69) is 26.7 Å². The Bertz CT molecular complexity index is 409. The van der Waals surface area contributed by atoms with Crippen molar-refractivity contribution >= 4 is 6.08 Å². The number of hydrogen-bond donors (Lipinski definition) is 0. The second-order valence-electron chi connectivity index (χ2n) is 2.25. The van der Waals surface area contributed by atoms with Crippen molar-refractivity contribution in [3.8, 4) is 11.5 Å². The maximum Gasteiger partial charge on any atom is 0.250 e. The molecule has 0 aliphatic heterocycles. The number of hydrogen-bond acceptors (Lipinski definition) is 5. The summed E-state index contributed by atoms with van der Waals surface area (Å²) in [7, 11) is 0. The molecule has 0 amide bonds. The molecule has 2 rings (SSSR count). The van der Waals surface area contributed by atoms with E-state index in [9.17, 15) is 0 Å². The van der Waals surface area contributed by atoms with E-state index in [1.807, 2.05) is 0 Å². The topological polar surface area (TPSA) is 64.7 Å². The number of nitrogens with zero attached hydrogens (tertiary/aromatic N) is 4. The first-order valence-corrected chi connectivity index (χ1v) is 3.62. The molecular formula is C8H6N4O. The summed E-state index contributed by atoms with van der Waals surface area (Å²) in [5, 5.41) is 3.70. The first-order chi connectivity index (χ1) is 6.40. The third kappa shape index (κ3) is 1.44. The molecule has 0 saturated carbocycles. The maximum atomic E-state index is 4.82. The van der Waals surface area contributed by atoms with Gasteiger partial charge >= 0.3 is 0 Å². The van der Waals surface area contributed by atoms with Crippen molar-refractivity contribution in [3.05, 3.63) is 31.1 Å². The monoisotopic (exact) mass is 174 g/mol. The largest absolute Gasteiger partial charge is 0.334 e. The summed E-state index contributed by atoms with van der Waals surface area (Å²) in [6, 6.07) is 0. The molecule has 0 N–H and O–H groups in total. The number of rotatable bonds is 2. The van der Waals surface area contributed by atoms with Crippen LogP contribution in [0, 0.1) is 0 Å². The zero-order valence-electron chi connectivity index (χ0n) is 6.71. The van der Waals surface area contributed by atoms with Gasteiger partial charge in [-0.2, -0.15) is 4.98 Å². The lowest BCUT2D eigenvalue weighted by molar-refractivity contribution is 0.411. The second kappa shape index (κ2) is 3.14. The fourth-order valence-corrected chi connectivity index (χ4v) is 0.837. The molecule has 2 heterocycles. The molecule has 0 aromatic carbocycles. The van der Waals surface area contributed by atoms with Gasteiger partial charge in [-0.3, -0.25) is 4.98 Å². The van der Waals surface area contributed by atoms with E-state index < -0.39 is 0 Å². The molecule has 2 aromatic rings. The molecule has 5 heteroatoms. The van der Waals surface area contributed by atoms with Crippen LogP contribution in [0.1, 0.15) is 5.89 Å². The van der Waals surface area contributed by atoms with Crippen LogP contribution in [0.3, 0.4) is 0 Å². The summed E-state index contributed by atoms with van der Waals surface area (Å²) in [5.74, 6) is 0.795. The van der Waals surface area contributed by atoms with E-state index in [4.69, 9.17) is 4.52 Å². The molecule has 0 saturated heterocycles. The van der Waals surface area contributed by atoms with E-state index in [0.717, 1.165) is 0 Å². The van der Waals surface area contributed by atoms with Crippen molar-refractivity contribution < 1.29 is 4.52 Å². The SMILES string of the molecule is C=Cc1nc(-c2cnccn2)no1. The van der Waals surface area contributed by atoms with Crippen LogP contribution in [0.4, 0.5) is 0 Å². The zero-order valence-corrected chi connectivity index (χ0v) is 6.71. The molecule has 0 atom stereocenters. The highest BCUT2D eigenvalue weighted by atomic mass is 16.5. The van der Waals surface area contributed by atoms with Gasteiger partial charge in [-0.1, -0.05) is 11.7 Å². The van der Waals surface area contributed by atoms with Gasteiger partial charge in [0.05, 0.1) is 6.20 Å². The molecule has 0 bridgehead atoms. The summed E-state index contributed by atoms with van der Waals surface area (Å²) >= 11 is 0. The molecule has 0 aliphatic carbocycles. The Morgan fingerprint density at radius 1 is 1.38 bits per heavy atom. The molecule has 0 fully saturated rings. The van der Waals surface area contributed by atoms with E-state index in [0.29, 0.717) is 17.4 Å². The minimum Gasteiger partial charge on any atom is -0.334 e. The van der Waals surface area contributed by atoms with Gasteiger partial charge in [0.2, 0.25) is 11.7 Å². The van der Waals surface area contributed by atoms with Gasteiger partial charge < -0.3 is 4.52 Å². The van der Waals surface area contributed by atoms with Crippen LogP contribution in [-0.4, -0.2) is 20.1 Å². The molecule has 0 radical (unpaired) electrons. The highest BCUT2D eigenvalue weighted by molar-refractivity contribution is 5.48. The molecule has 5 nitrogen and oxygen atoms in total. The first-order valence-electron chi connectivity index (χ1n) is 3.62. The molecule has 0 spiro atoms. The van der Waals surface area contributed by atoms with Crippen molar-refractivity contribution in [1.82, 2.24) is 20.1 Å².